The van der Waals surface area contributed by atoms with Crippen molar-refractivity contribution in [2.24, 2.45) is 0 Å². The Kier molecular flexibility index (Phi) is 1.44. The van der Waals surface area contributed by atoms with Gasteiger partial charge in [-0.25, -0.2) is 0 Å². The molecule has 3 nitrogen and oxygen atoms in total. The van der Waals surface area contributed by atoms with Crippen LogP contribution in [0.15, 0.2) is 0 Å². The molecule has 0 saturated carbocycles. The monoisotopic (exact) mass is 143 g/mol. The molecule has 0 radical (unpaired) electrons. The Morgan fingerprint density at radius 3 is 2.80 bits per heavy atom. The van der Waals surface area contributed by atoms with Gasteiger partial charge in [-0.3, -0.25) is 4.90 Å². The van der Waals surface area contributed by atoms with Crippen LogP contribution in [0.2, 0.25) is 0 Å². The van der Waals surface area contributed by atoms with E-state index in [0.717, 1.165) is 13.0 Å². The zero-order chi connectivity index (χ0) is 7.14. The molecular formula is C7H13NO2. The third-order valence-corrected chi connectivity index (χ3v) is 2.62. The summed E-state index contributed by atoms with van der Waals surface area (Å²) in [6, 6.07) is 0.259. The van der Waals surface area contributed by atoms with Crippen molar-refractivity contribution in [1.29, 1.82) is 0 Å². The van der Waals surface area contributed by atoms with Gasteiger partial charge in [-0.1, -0.05) is 0 Å². The second-order valence-electron chi connectivity index (χ2n) is 3.26. The molecule has 0 aromatic rings. The molecule has 2 rings (SSSR count). The van der Waals surface area contributed by atoms with Gasteiger partial charge in [0, 0.05) is 12.6 Å². The first-order chi connectivity index (χ1) is 4.79. The summed E-state index contributed by atoms with van der Waals surface area (Å²) < 4.78 is 0. The van der Waals surface area contributed by atoms with E-state index in [9.17, 15) is 10.2 Å². The first kappa shape index (κ1) is 6.58. The minimum Gasteiger partial charge on any atom is -0.389 e. The van der Waals surface area contributed by atoms with Crippen LogP contribution in [0, 0.1) is 0 Å². The van der Waals surface area contributed by atoms with Gasteiger partial charge in [-0.15, -0.1) is 0 Å². The molecule has 0 bridgehead atoms. The molecule has 2 N–H and O–H groups in total. The summed E-state index contributed by atoms with van der Waals surface area (Å²) in [5, 5.41) is 18.6. The Hall–Kier alpha value is -0.120. The lowest BCUT2D eigenvalue weighted by molar-refractivity contribution is 0.0394. The smallest absolute Gasteiger partial charge is 0.0966 e. The maximum atomic E-state index is 9.38. The predicted octanol–water partition coefficient (Wildman–Crippen LogP) is -0.814. The average molecular weight is 143 g/mol. The van der Waals surface area contributed by atoms with E-state index >= 15 is 0 Å². The molecule has 0 spiro atoms. The molecule has 2 heterocycles. The highest BCUT2D eigenvalue weighted by Gasteiger charge is 2.41. The fourth-order valence-electron chi connectivity index (χ4n) is 2.07. The number of hydrogen-bond acceptors (Lipinski definition) is 3. The largest absolute Gasteiger partial charge is 0.389 e. The van der Waals surface area contributed by atoms with E-state index in [1.165, 1.54) is 6.42 Å². The Labute approximate surface area is 60.3 Å². The standard InChI is InChI=1S/C7H13NO2/c9-6-4-8-3-1-2-5(8)7(6)10/h5-7,9-10H,1-4H2/t5-,6+,7+/m0/s1. The summed E-state index contributed by atoms with van der Waals surface area (Å²) in [7, 11) is 0. The van der Waals surface area contributed by atoms with Crippen LogP contribution in [0.4, 0.5) is 0 Å². The summed E-state index contributed by atoms with van der Waals surface area (Å²) in [6.45, 7) is 1.73. The highest BCUT2D eigenvalue weighted by atomic mass is 16.3. The summed E-state index contributed by atoms with van der Waals surface area (Å²) in [6.07, 6.45) is 1.25. The normalized spacial score (nSPS) is 48.0. The van der Waals surface area contributed by atoms with E-state index in [1.807, 2.05) is 0 Å². The molecule has 10 heavy (non-hydrogen) atoms. The van der Waals surface area contributed by atoms with Crippen molar-refractivity contribution in [3.05, 3.63) is 0 Å². The van der Waals surface area contributed by atoms with Gasteiger partial charge in [0.15, 0.2) is 0 Å². The van der Waals surface area contributed by atoms with E-state index < -0.39 is 12.2 Å². The zero-order valence-electron chi connectivity index (χ0n) is 5.90. The summed E-state index contributed by atoms with van der Waals surface area (Å²) in [5.74, 6) is 0. The van der Waals surface area contributed by atoms with Gasteiger partial charge >= 0.3 is 0 Å². The van der Waals surface area contributed by atoms with Crippen molar-refractivity contribution in [3.8, 4) is 0 Å². The second kappa shape index (κ2) is 2.19. The third kappa shape index (κ3) is 0.779. The molecule has 58 valence electrons. The van der Waals surface area contributed by atoms with Gasteiger partial charge < -0.3 is 10.2 Å². The van der Waals surface area contributed by atoms with Gasteiger partial charge in [0.2, 0.25) is 0 Å². The van der Waals surface area contributed by atoms with Crippen LogP contribution in [-0.2, 0) is 0 Å². The van der Waals surface area contributed by atoms with Gasteiger partial charge in [-0.05, 0) is 19.4 Å². The van der Waals surface area contributed by atoms with Crippen LogP contribution in [0.5, 0.6) is 0 Å². The number of fused-ring (bicyclic) bond motifs is 1. The lowest BCUT2D eigenvalue weighted by atomic mass is 10.1. The van der Waals surface area contributed by atoms with Crippen LogP contribution in [0.1, 0.15) is 12.8 Å². The predicted molar refractivity (Wildman–Crippen MR) is 36.6 cm³/mol. The lowest BCUT2D eigenvalue weighted by Crippen LogP contribution is -2.30. The van der Waals surface area contributed by atoms with E-state index in [1.54, 1.807) is 0 Å². The van der Waals surface area contributed by atoms with Gasteiger partial charge in [-0.2, -0.15) is 0 Å². The maximum absolute atomic E-state index is 9.38. The van der Waals surface area contributed by atoms with Gasteiger partial charge in [0.25, 0.3) is 0 Å². The third-order valence-electron chi connectivity index (χ3n) is 2.62. The molecule has 0 amide bonds. The Balaban J connectivity index is 2.09. The van der Waals surface area contributed by atoms with E-state index in [0.29, 0.717) is 6.54 Å². The highest BCUT2D eigenvalue weighted by molar-refractivity contribution is 4.96. The molecule has 2 aliphatic rings. The Morgan fingerprint density at radius 2 is 2.10 bits per heavy atom. The van der Waals surface area contributed by atoms with Crippen LogP contribution in [-0.4, -0.2) is 46.5 Å². The minimum absolute atomic E-state index is 0.259. The molecule has 0 aromatic carbocycles. The average Bonchev–Trinajstić information content (AvgIpc) is 2.41. The van der Waals surface area contributed by atoms with Crippen molar-refractivity contribution in [3.63, 3.8) is 0 Å². The van der Waals surface area contributed by atoms with Crippen molar-refractivity contribution >= 4 is 0 Å². The fourth-order valence-corrected chi connectivity index (χ4v) is 2.07. The first-order valence-electron chi connectivity index (χ1n) is 3.89. The Morgan fingerprint density at radius 1 is 1.30 bits per heavy atom. The zero-order valence-corrected chi connectivity index (χ0v) is 5.90. The SMILES string of the molecule is O[C@H]1[C@H](O)CN2CCC[C@@H]12. The second-order valence-corrected chi connectivity index (χ2v) is 3.26. The number of nitrogens with zero attached hydrogens (tertiary/aromatic N) is 1. The van der Waals surface area contributed by atoms with Crippen LogP contribution < -0.4 is 0 Å². The molecular weight excluding hydrogens is 130 g/mol. The van der Waals surface area contributed by atoms with Crippen molar-refractivity contribution in [2.75, 3.05) is 13.1 Å². The molecule has 2 aliphatic heterocycles. The number of hydrogen-bond donors (Lipinski definition) is 2. The van der Waals surface area contributed by atoms with E-state index in [2.05, 4.69) is 4.90 Å². The fraction of sp³-hybridized carbons (Fsp3) is 1.00. The molecule has 2 saturated heterocycles. The molecule has 2 fully saturated rings. The molecule has 0 unspecified atom stereocenters. The molecule has 0 aliphatic carbocycles. The number of aliphatic hydroxyl groups excluding tert-OH is 2. The van der Waals surface area contributed by atoms with Crippen molar-refractivity contribution < 1.29 is 10.2 Å². The summed E-state index contributed by atoms with van der Waals surface area (Å²) >= 11 is 0. The van der Waals surface area contributed by atoms with Crippen LogP contribution in [0.25, 0.3) is 0 Å². The van der Waals surface area contributed by atoms with E-state index in [-0.39, 0.29) is 6.04 Å². The molecule has 0 aromatic heterocycles. The van der Waals surface area contributed by atoms with Crippen molar-refractivity contribution in [2.45, 2.75) is 31.1 Å². The first-order valence-corrected chi connectivity index (χ1v) is 3.89. The minimum atomic E-state index is -0.495. The highest BCUT2D eigenvalue weighted by Crippen LogP contribution is 2.27. The van der Waals surface area contributed by atoms with Gasteiger partial charge in [0.05, 0.1) is 12.2 Å². The lowest BCUT2D eigenvalue weighted by Gasteiger charge is -2.14. The number of rotatable bonds is 0. The van der Waals surface area contributed by atoms with Gasteiger partial charge in [0.1, 0.15) is 0 Å². The summed E-state index contributed by atoms with van der Waals surface area (Å²) in [5.41, 5.74) is 0. The van der Waals surface area contributed by atoms with E-state index in [4.69, 9.17) is 0 Å². The van der Waals surface area contributed by atoms with Crippen molar-refractivity contribution in [1.82, 2.24) is 4.90 Å². The number of aliphatic hydroxyl groups is 2. The molecule has 3 atom stereocenters. The maximum Gasteiger partial charge on any atom is 0.0966 e. The summed E-state index contributed by atoms with van der Waals surface area (Å²) in [4.78, 5) is 2.18. The van der Waals surface area contributed by atoms with Crippen LogP contribution in [0.3, 0.4) is 0 Å². The quantitative estimate of drug-likeness (QED) is 0.466. The topological polar surface area (TPSA) is 43.7 Å². The Bertz CT molecular complexity index is 138. The van der Waals surface area contributed by atoms with Crippen LogP contribution >= 0.6 is 0 Å². The molecule has 3 heteroatoms.